The van der Waals surface area contributed by atoms with E-state index in [1.54, 1.807) is 0 Å². The Morgan fingerprint density at radius 2 is 1.03 bits per heavy atom. The quantitative estimate of drug-likeness (QED) is 0.0204. The lowest BCUT2D eigenvalue weighted by Crippen LogP contribution is -2.61. The van der Waals surface area contributed by atoms with Crippen LogP contribution in [0.1, 0.15) is 155 Å². The van der Waals surface area contributed by atoms with Gasteiger partial charge in [-0.15, -0.1) is 0 Å². The summed E-state index contributed by atoms with van der Waals surface area (Å²) in [5.74, 6) is -0.392. The molecule has 0 aromatic carbocycles. The van der Waals surface area contributed by atoms with E-state index >= 15 is 0 Å². The smallest absolute Gasteiger partial charge is 0.306 e. The predicted molar refractivity (Wildman–Crippen MR) is 243 cm³/mol. The average molecular weight is 899 g/mol. The van der Waals surface area contributed by atoms with Gasteiger partial charge in [0.1, 0.15) is 54.9 Å². The van der Waals surface area contributed by atoms with Crippen molar-refractivity contribution in [2.75, 3.05) is 33.0 Å². The second-order valence-corrected chi connectivity index (χ2v) is 16.9. The van der Waals surface area contributed by atoms with Crippen LogP contribution in [0.3, 0.4) is 0 Å². The molecule has 0 amide bonds. The summed E-state index contributed by atoms with van der Waals surface area (Å²) in [6, 6.07) is 0. The molecular weight excluding hydrogens is 813 g/mol. The first kappa shape index (κ1) is 57.1. The van der Waals surface area contributed by atoms with Crippen molar-refractivity contribution in [3.8, 4) is 0 Å². The van der Waals surface area contributed by atoms with Crippen molar-refractivity contribution in [2.24, 2.45) is 0 Å². The highest BCUT2D eigenvalue weighted by Gasteiger charge is 2.47. The van der Waals surface area contributed by atoms with Crippen LogP contribution in [0.5, 0.6) is 0 Å². The number of carbonyl (C=O) groups is 1. The molecule has 11 unspecified atom stereocenters. The van der Waals surface area contributed by atoms with Crippen molar-refractivity contribution in [2.45, 2.75) is 223 Å². The molecule has 2 fully saturated rings. The van der Waals surface area contributed by atoms with Crippen molar-refractivity contribution >= 4 is 5.97 Å². The van der Waals surface area contributed by atoms with Crippen LogP contribution in [0.15, 0.2) is 48.6 Å². The zero-order chi connectivity index (χ0) is 45.9. The summed E-state index contributed by atoms with van der Waals surface area (Å²) < 4.78 is 34.0. The first-order chi connectivity index (χ1) is 30.6. The zero-order valence-electron chi connectivity index (χ0n) is 38.5. The summed E-state index contributed by atoms with van der Waals surface area (Å²) in [6.07, 6.45) is 25.3. The molecule has 2 rings (SSSR count). The molecule has 0 aromatic heterocycles. The molecule has 14 heteroatoms. The van der Waals surface area contributed by atoms with E-state index in [1.807, 2.05) is 0 Å². The van der Waals surface area contributed by atoms with Crippen molar-refractivity contribution in [1.82, 2.24) is 0 Å². The number of rotatable bonds is 37. The molecule has 0 radical (unpaired) electrons. The number of aliphatic hydroxyl groups excluding tert-OH is 7. The number of aliphatic hydroxyl groups is 7. The fourth-order valence-corrected chi connectivity index (χ4v) is 7.39. The Morgan fingerprint density at radius 1 is 0.540 bits per heavy atom. The minimum Gasteiger partial charge on any atom is -0.457 e. The van der Waals surface area contributed by atoms with Crippen molar-refractivity contribution in [1.29, 1.82) is 0 Å². The molecule has 0 spiro atoms. The molecular formula is C49H86O14. The van der Waals surface area contributed by atoms with Gasteiger partial charge in [-0.3, -0.25) is 4.79 Å². The fourth-order valence-electron chi connectivity index (χ4n) is 7.39. The van der Waals surface area contributed by atoms with Gasteiger partial charge in [0.2, 0.25) is 0 Å². The molecule has 0 aliphatic carbocycles. The van der Waals surface area contributed by atoms with Gasteiger partial charge in [-0.05, 0) is 51.4 Å². The lowest BCUT2D eigenvalue weighted by Gasteiger charge is -2.42. The Hall–Kier alpha value is -2.05. The fraction of sp³-hybridized carbons (Fsp3) is 0.816. The third-order valence-electron chi connectivity index (χ3n) is 11.4. The standard InChI is InChI=1S/C49H86O14/c1-3-5-7-9-10-11-12-13-14-15-16-17-18-19-20-21-22-23-24-25-26-27-29-31-33-58-35-38(61-41(51)32-30-28-8-6-4-2)36-59-48-47(57)45(55)43(53)40(63-48)37-60-49-46(56)44(54)42(52)39(34-50)62-49/h5,7,10-11,13-14,16-17,38-40,42-50,52-57H,3-4,6,8-9,12,15,18-37H2,1-2H3/b7-5-,11-10-,14-13-,17-16-. The molecule has 2 heterocycles. The Labute approximate surface area is 378 Å². The summed E-state index contributed by atoms with van der Waals surface area (Å²) in [5, 5.41) is 71.7. The first-order valence-electron chi connectivity index (χ1n) is 24.2. The van der Waals surface area contributed by atoms with E-state index in [1.165, 1.54) is 51.4 Å². The number of ether oxygens (including phenoxy) is 6. The number of esters is 1. The number of hydrogen-bond donors (Lipinski definition) is 7. The van der Waals surface area contributed by atoms with Crippen LogP contribution < -0.4 is 0 Å². The number of unbranched alkanes of at least 4 members (excludes halogenated alkanes) is 15. The normalized spacial score (nSPS) is 27.4. The number of carbonyl (C=O) groups excluding carboxylic acids is 1. The molecule has 11 atom stereocenters. The lowest BCUT2D eigenvalue weighted by atomic mass is 9.98. The van der Waals surface area contributed by atoms with E-state index in [4.69, 9.17) is 28.4 Å². The van der Waals surface area contributed by atoms with Gasteiger partial charge in [-0.1, -0.05) is 146 Å². The third kappa shape index (κ3) is 25.4. The molecule has 2 saturated heterocycles. The maximum Gasteiger partial charge on any atom is 0.306 e. The maximum absolute atomic E-state index is 12.8. The Kier molecular flexibility index (Phi) is 33.6. The molecule has 7 N–H and O–H groups in total. The number of hydrogen-bond acceptors (Lipinski definition) is 14. The van der Waals surface area contributed by atoms with Crippen molar-refractivity contribution in [3.05, 3.63) is 48.6 Å². The second kappa shape index (κ2) is 37.1. The number of allylic oxidation sites excluding steroid dienone is 8. The molecule has 0 bridgehead atoms. The van der Waals surface area contributed by atoms with Gasteiger partial charge in [0.05, 0.1) is 26.4 Å². The SMILES string of the molecule is CC/C=C\C/C=C\C/C=C\C/C=C\CCCCCCCCCCCCCOCC(COC1OC(COC2OC(CO)C(O)C(O)C2O)C(O)C(O)C1O)OC(=O)CCCCCCC. The Balaban J connectivity index is 1.65. The molecule has 63 heavy (non-hydrogen) atoms. The molecule has 2 aliphatic heterocycles. The maximum atomic E-state index is 12.8. The monoisotopic (exact) mass is 899 g/mol. The van der Waals surface area contributed by atoms with Crippen molar-refractivity contribution < 1.29 is 69.0 Å². The second-order valence-electron chi connectivity index (χ2n) is 16.9. The third-order valence-corrected chi connectivity index (χ3v) is 11.4. The average Bonchev–Trinajstić information content (AvgIpc) is 3.28. The summed E-state index contributed by atoms with van der Waals surface area (Å²) in [7, 11) is 0. The van der Waals surface area contributed by atoms with Crippen LogP contribution in [0.2, 0.25) is 0 Å². The van der Waals surface area contributed by atoms with E-state index in [0.29, 0.717) is 13.0 Å². The van der Waals surface area contributed by atoms with Gasteiger partial charge in [-0.2, -0.15) is 0 Å². The van der Waals surface area contributed by atoms with Gasteiger partial charge in [0, 0.05) is 13.0 Å². The van der Waals surface area contributed by atoms with Crippen LogP contribution in [-0.4, -0.2) is 142 Å². The highest BCUT2D eigenvalue weighted by atomic mass is 16.7. The summed E-state index contributed by atoms with van der Waals surface area (Å²) >= 11 is 0. The largest absolute Gasteiger partial charge is 0.457 e. The highest BCUT2D eigenvalue weighted by molar-refractivity contribution is 5.69. The summed E-state index contributed by atoms with van der Waals surface area (Å²) in [5.41, 5.74) is 0. The molecule has 366 valence electrons. The van der Waals surface area contributed by atoms with E-state index in [-0.39, 0.29) is 19.6 Å². The molecule has 0 saturated carbocycles. The topological polar surface area (TPSA) is 214 Å². The molecule has 0 aromatic rings. The van der Waals surface area contributed by atoms with Gasteiger partial charge in [-0.25, -0.2) is 0 Å². The Bertz CT molecular complexity index is 1230. The minimum atomic E-state index is -1.70. The molecule has 14 nitrogen and oxygen atoms in total. The lowest BCUT2D eigenvalue weighted by molar-refractivity contribution is -0.332. The van der Waals surface area contributed by atoms with Crippen molar-refractivity contribution in [3.63, 3.8) is 0 Å². The zero-order valence-corrected chi connectivity index (χ0v) is 38.5. The van der Waals surface area contributed by atoms with Crippen LogP contribution in [0.4, 0.5) is 0 Å². The van der Waals surface area contributed by atoms with E-state index in [9.17, 15) is 40.5 Å². The van der Waals surface area contributed by atoms with E-state index in [0.717, 1.165) is 77.0 Å². The van der Waals surface area contributed by atoms with Gasteiger partial charge >= 0.3 is 5.97 Å². The van der Waals surface area contributed by atoms with E-state index in [2.05, 4.69) is 62.5 Å². The Morgan fingerprint density at radius 3 is 1.62 bits per heavy atom. The van der Waals surface area contributed by atoms with E-state index < -0.39 is 86.7 Å². The van der Waals surface area contributed by atoms with Gasteiger partial charge in [0.15, 0.2) is 12.6 Å². The first-order valence-corrected chi connectivity index (χ1v) is 24.2. The van der Waals surface area contributed by atoms with Gasteiger partial charge in [0.25, 0.3) is 0 Å². The highest BCUT2D eigenvalue weighted by Crippen LogP contribution is 2.26. The van der Waals surface area contributed by atoms with Crippen LogP contribution in [-0.2, 0) is 33.2 Å². The molecule has 2 aliphatic rings. The van der Waals surface area contributed by atoms with Gasteiger partial charge < -0.3 is 64.2 Å². The summed E-state index contributed by atoms with van der Waals surface area (Å²) in [6.45, 7) is 3.45. The van der Waals surface area contributed by atoms with Crippen LogP contribution >= 0.6 is 0 Å². The van der Waals surface area contributed by atoms with Crippen LogP contribution in [0.25, 0.3) is 0 Å². The summed E-state index contributed by atoms with van der Waals surface area (Å²) in [4.78, 5) is 12.8. The predicted octanol–water partition coefficient (Wildman–Crippen LogP) is 6.40. The minimum absolute atomic E-state index is 0.0582. The van der Waals surface area contributed by atoms with Crippen LogP contribution in [0, 0.1) is 0 Å².